The Hall–Kier alpha value is -2.72. The minimum atomic E-state index is -1.02. The maximum absolute atomic E-state index is 12.1. The van der Waals surface area contributed by atoms with Crippen LogP contribution in [0.3, 0.4) is 0 Å². The fraction of sp³-hybridized carbons (Fsp3) is 0.500. The Labute approximate surface area is 160 Å². The van der Waals surface area contributed by atoms with Crippen LogP contribution in [0.4, 0.5) is 9.59 Å². The molecule has 0 radical (unpaired) electrons. The highest BCUT2D eigenvalue weighted by molar-refractivity contribution is 5.69. The highest BCUT2D eigenvalue weighted by Gasteiger charge is 2.27. The van der Waals surface area contributed by atoms with Gasteiger partial charge in [-0.05, 0) is 53.7 Å². The number of carbonyl (C=O) groups excluding carboxylic acids is 2. The Morgan fingerprint density at radius 3 is 2.15 bits per heavy atom. The second-order valence-corrected chi connectivity index (χ2v) is 7.86. The lowest BCUT2D eigenvalue weighted by Gasteiger charge is -2.27. The van der Waals surface area contributed by atoms with Gasteiger partial charge in [-0.1, -0.05) is 30.0 Å². The minimum Gasteiger partial charge on any atom is -0.444 e. The number of ether oxygens (including phenoxy) is 2. The van der Waals surface area contributed by atoms with E-state index in [0.29, 0.717) is 10.6 Å². The minimum absolute atomic E-state index is 0.134. The molecule has 7 heteroatoms. The van der Waals surface area contributed by atoms with Gasteiger partial charge in [0.2, 0.25) is 0 Å². The van der Waals surface area contributed by atoms with Crippen LogP contribution in [0.2, 0.25) is 0 Å². The number of hydroxylamine groups is 2. The molecule has 1 atom stereocenters. The molecule has 1 rings (SSSR count). The lowest BCUT2D eigenvalue weighted by Crippen LogP contribution is -2.47. The fourth-order valence-corrected chi connectivity index (χ4v) is 1.82. The van der Waals surface area contributed by atoms with Crippen LogP contribution in [0.5, 0.6) is 0 Å². The van der Waals surface area contributed by atoms with Crippen LogP contribution in [0.25, 0.3) is 0 Å². The summed E-state index contributed by atoms with van der Waals surface area (Å²) >= 11 is 0. The van der Waals surface area contributed by atoms with E-state index in [9.17, 15) is 14.8 Å². The van der Waals surface area contributed by atoms with E-state index < -0.39 is 29.4 Å². The standard InChI is InChI=1S/C20H28N2O5/c1-19(2,3)26-17(23)21-14-16(13-12-15-10-8-7-9-11-15)22(25)18(24)27-20(4,5)6/h7-11,16,25H,14H2,1-6H3,(H,21,23). The zero-order valence-corrected chi connectivity index (χ0v) is 16.7. The van der Waals surface area contributed by atoms with E-state index in [2.05, 4.69) is 17.2 Å². The summed E-state index contributed by atoms with van der Waals surface area (Å²) in [6, 6.07) is 8.06. The maximum atomic E-state index is 12.1. The predicted octanol–water partition coefficient (Wildman–Crippen LogP) is 3.56. The molecule has 0 saturated heterocycles. The molecule has 2 amide bonds. The zero-order valence-electron chi connectivity index (χ0n) is 16.7. The Bertz CT molecular complexity index is 693. The van der Waals surface area contributed by atoms with Crippen LogP contribution < -0.4 is 5.32 Å². The maximum Gasteiger partial charge on any atom is 0.435 e. The van der Waals surface area contributed by atoms with Gasteiger partial charge in [0.05, 0.1) is 6.54 Å². The summed E-state index contributed by atoms with van der Waals surface area (Å²) in [7, 11) is 0. The molecule has 0 aliphatic heterocycles. The van der Waals surface area contributed by atoms with E-state index in [0.717, 1.165) is 0 Å². The van der Waals surface area contributed by atoms with Crippen molar-refractivity contribution in [2.24, 2.45) is 0 Å². The highest BCUT2D eigenvalue weighted by Crippen LogP contribution is 2.11. The van der Waals surface area contributed by atoms with Gasteiger partial charge in [0.25, 0.3) is 0 Å². The van der Waals surface area contributed by atoms with Gasteiger partial charge in [-0.25, -0.2) is 9.59 Å². The van der Waals surface area contributed by atoms with E-state index >= 15 is 0 Å². The summed E-state index contributed by atoms with van der Waals surface area (Å²) in [5.41, 5.74) is -0.745. The Balaban J connectivity index is 2.90. The highest BCUT2D eigenvalue weighted by atomic mass is 16.6. The first-order chi connectivity index (χ1) is 12.4. The largest absolute Gasteiger partial charge is 0.444 e. The Morgan fingerprint density at radius 2 is 1.63 bits per heavy atom. The van der Waals surface area contributed by atoms with Gasteiger partial charge in [-0.15, -0.1) is 0 Å². The van der Waals surface area contributed by atoms with E-state index in [1.807, 2.05) is 18.2 Å². The van der Waals surface area contributed by atoms with Gasteiger partial charge >= 0.3 is 12.2 Å². The van der Waals surface area contributed by atoms with Gasteiger partial charge in [0.15, 0.2) is 0 Å². The Morgan fingerprint density at radius 1 is 1.07 bits per heavy atom. The number of amides is 2. The Kier molecular flexibility index (Phi) is 7.68. The molecule has 7 nitrogen and oxygen atoms in total. The summed E-state index contributed by atoms with van der Waals surface area (Å²) in [4.78, 5) is 24.0. The molecule has 2 N–H and O–H groups in total. The number of rotatable bonds is 3. The number of alkyl carbamates (subject to hydrolysis) is 1. The number of nitrogens with zero attached hydrogens (tertiary/aromatic N) is 1. The van der Waals surface area contributed by atoms with Gasteiger partial charge in [0, 0.05) is 5.56 Å². The molecule has 27 heavy (non-hydrogen) atoms. The van der Waals surface area contributed by atoms with Crippen molar-refractivity contribution in [3.05, 3.63) is 35.9 Å². The van der Waals surface area contributed by atoms with Crippen molar-refractivity contribution >= 4 is 12.2 Å². The van der Waals surface area contributed by atoms with Crippen molar-refractivity contribution in [1.82, 2.24) is 10.4 Å². The smallest absolute Gasteiger partial charge is 0.435 e. The van der Waals surface area contributed by atoms with E-state index in [4.69, 9.17) is 9.47 Å². The number of hydrogen-bond donors (Lipinski definition) is 2. The summed E-state index contributed by atoms with van der Waals surface area (Å²) in [5, 5.41) is 13.1. The van der Waals surface area contributed by atoms with Gasteiger partial charge < -0.3 is 14.8 Å². The molecular weight excluding hydrogens is 348 g/mol. The molecule has 0 fully saturated rings. The van der Waals surface area contributed by atoms with Crippen molar-refractivity contribution in [2.75, 3.05) is 6.54 Å². The average Bonchev–Trinajstić information content (AvgIpc) is 2.52. The van der Waals surface area contributed by atoms with Crippen molar-refractivity contribution in [1.29, 1.82) is 0 Å². The normalized spacial score (nSPS) is 12.3. The molecule has 0 aliphatic rings. The van der Waals surface area contributed by atoms with Gasteiger partial charge in [0.1, 0.15) is 17.2 Å². The molecule has 0 aromatic heterocycles. The molecule has 0 saturated carbocycles. The van der Waals surface area contributed by atoms with Crippen molar-refractivity contribution in [3.63, 3.8) is 0 Å². The first-order valence-corrected chi connectivity index (χ1v) is 8.62. The van der Waals surface area contributed by atoms with E-state index in [-0.39, 0.29) is 6.54 Å². The van der Waals surface area contributed by atoms with Gasteiger partial charge in [-0.3, -0.25) is 5.21 Å². The molecule has 148 valence electrons. The van der Waals surface area contributed by atoms with Crippen molar-refractivity contribution in [2.45, 2.75) is 58.8 Å². The van der Waals surface area contributed by atoms with Crippen molar-refractivity contribution < 1.29 is 24.3 Å². The SMILES string of the molecule is CC(C)(C)OC(=O)NCC(C#Cc1ccccc1)N(O)C(=O)OC(C)(C)C. The third kappa shape index (κ3) is 9.52. The third-order valence-corrected chi connectivity index (χ3v) is 2.87. The molecule has 1 unspecified atom stereocenters. The van der Waals surface area contributed by atoms with Crippen LogP contribution >= 0.6 is 0 Å². The van der Waals surface area contributed by atoms with Crippen molar-refractivity contribution in [3.8, 4) is 11.8 Å². The number of benzene rings is 1. The van der Waals surface area contributed by atoms with E-state index in [1.54, 1.807) is 53.7 Å². The second-order valence-electron chi connectivity index (χ2n) is 7.86. The molecular formula is C20H28N2O5. The summed E-state index contributed by atoms with van der Waals surface area (Å²) in [6.45, 7) is 10.1. The lowest BCUT2D eigenvalue weighted by atomic mass is 10.2. The van der Waals surface area contributed by atoms with Crippen LogP contribution in [0, 0.1) is 11.8 Å². The average molecular weight is 376 g/mol. The van der Waals surface area contributed by atoms with E-state index in [1.165, 1.54) is 0 Å². The second kappa shape index (κ2) is 9.28. The lowest BCUT2D eigenvalue weighted by molar-refractivity contribution is -0.107. The summed E-state index contributed by atoms with van der Waals surface area (Å²) in [5.74, 6) is 5.64. The molecule has 0 heterocycles. The summed E-state index contributed by atoms with van der Waals surface area (Å²) < 4.78 is 10.3. The monoisotopic (exact) mass is 376 g/mol. The van der Waals surface area contributed by atoms with Crippen LogP contribution in [0.15, 0.2) is 30.3 Å². The molecule has 0 bridgehead atoms. The third-order valence-electron chi connectivity index (χ3n) is 2.87. The molecule has 1 aromatic carbocycles. The van der Waals surface area contributed by atoms with Gasteiger partial charge in [-0.2, -0.15) is 5.06 Å². The van der Waals surface area contributed by atoms with Crippen LogP contribution in [-0.4, -0.2) is 46.2 Å². The molecule has 0 aliphatic carbocycles. The fourth-order valence-electron chi connectivity index (χ4n) is 1.82. The first-order valence-electron chi connectivity index (χ1n) is 8.62. The molecule has 1 aromatic rings. The quantitative estimate of drug-likeness (QED) is 0.478. The number of carbonyl (C=O) groups is 2. The number of hydrogen-bond acceptors (Lipinski definition) is 5. The topological polar surface area (TPSA) is 88.1 Å². The summed E-state index contributed by atoms with van der Waals surface area (Å²) in [6.07, 6.45) is -1.63. The molecule has 0 spiro atoms. The van der Waals surface area contributed by atoms with Crippen LogP contribution in [0.1, 0.15) is 47.1 Å². The first kappa shape index (κ1) is 22.3. The van der Waals surface area contributed by atoms with Crippen LogP contribution in [-0.2, 0) is 9.47 Å². The number of nitrogens with one attached hydrogen (secondary N) is 1. The predicted molar refractivity (Wildman–Crippen MR) is 101 cm³/mol. The zero-order chi connectivity index (χ0) is 20.7.